The van der Waals surface area contributed by atoms with Gasteiger partial charge in [0.1, 0.15) is 11.5 Å². The van der Waals surface area contributed by atoms with Crippen molar-refractivity contribution < 1.29 is 9.47 Å². The van der Waals surface area contributed by atoms with Crippen LogP contribution < -0.4 is 14.8 Å². The van der Waals surface area contributed by atoms with Gasteiger partial charge in [0.25, 0.3) is 0 Å². The summed E-state index contributed by atoms with van der Waals surface area (Å²) < 4.78 is 11.4. The average Bonchev–Trinajstić information content (AvgIpc) is 2.92. The van der Waals surface area contributed by atoms with Crippen molar-refractivity contribution in [2.24, 2.45) is 0 Å². The molecule has 0 aromatic heterocycles. The third kappa shape index (κ3) is 4.33. The Bertz CT molecular complexity index is 666. The molecule has 0 amide bonds. The number of hydrogen-bond donors (Lipinski definition) is 1. The molecule has 4 nitrogen and oxygen atoms in total. The number of ether oxygens (including phenoxy) is 2. The van der Waals surface area contributed by atoms with Gasteiger partial charge in [0.2, 0.25) is 0 Å². The highest BCUT2D eigenvalue weighted by Gasteiger charge is 2.26. The van der Waals surface area contributed by atoms with Gasteiger partial charge in [0, 0.05) is 25.2 Å². The first-order valence-electron chi connectivity index (χ1n) is 9.14. The molecule has 1 N–H and O–H groups in total. The van der Waals surface area contributed by atoms with E-state index < -0.39 is 0 Å². The molecule has 0 radical (unpaired) electrons. The van der Waals surface area contributed by atoms with Crippen LogP contribution in [0.25, 0.3) is 0 Å². The third-order valence-electron chi connectivity index (χ3n) is 4.66. The summed E-state index contributed by atoms with van der Waals surface area (Å²) in [5.41, 5.74) is 2.46. The lowest BCUT2D eigenvalue weighted by Gasteiger charge is -2.32. The van der Waals surface area contributed by atoms with E-state index in [2.05, 4.69) is 40.5 Å². The van der Waals surface area contributed by atoms with E-state index in [4.69, 9.17) is 9.47 Å². The van der Waals surface area contributed by atoms with Crippen molar-refractivity contribution in [2.75, 3.05) is 39.9 Å². The van der Waals surface area contributed by atoms with Crippen LogP contribution in [0, 0.1) is 0 Å². The highest BCUT2D eigenvalue weighted by Crippen LogP contribution is 2.36. The van der Waals surface area contributed by atoms with Crippen molar-refractivity contribution >= 4 is 0 Å². The lowest BCUT2D eigenvalue weighted by atomic mass is 9.95. The minimum atomic E-state index is 0.163. The van der Waals surface area contributed by atoms with E-state index in [0.29, 0.717) is 6.61 Å². The van der Waals surface area contributed by atoms with Gasteiger partial charge in [-0.05, 0) is 43.7 Å². The van der Waals surface area contributed by atoms with E-state index in [-0.39, 0.29) is 6.04 Å². The fourth-order valence-electron chi connectivity index (χ4n) is 3.55. The minimum Gasteiger partial charge on any atom is -0.496 e. The summed E-state index contributed by atoms with van der Waals surface area (Å²) in [7, 11) is 1.75. The highest BCUT2D eigenvalue weighted by molar-refractivity contribution is 5.43. The SMILES string of the molecule is CCOc1cccc(C(c2ccccc2OC)N2CCCNCC2)c1. The molecule has 1 atom stereocenters. The predicted octanol–water partition coefficient (Wildman–Crippen LogP) is 3.48. The molecule has 3 rings (SSSR count). The van der Waals surface area contributed by atoms with Gasteiger partial charge in [-0.2, -0.15) is 0 Å². The van der Waals surface area contributed by atoms with E-state index in [9.17, 15) is 0 Å². The van der Waals surface area contributed by atoms with Gasteiger partial charge in [-0.1, -0.05) is 30.3 Å². The fraction of sp³-hybridized carbons (Fsp3) is 0.429. The van der Waals surface area contributed by atoms with Crippen LogP contribution in [0.3, 0.4) is 0 Å². The molecule has 0 spiro atoms. The number of nitrogens with one attached hydrogen (secondary N) is 1. The monoisotopic (exact) mass is 340 g/mol. The first-order chi connectivity index (χ1) is 12.3. The summed E-state index contributed by atoms with van der Waals surface area (Å²) in [6.07, 6.45) is 1.15. The smallest absolute Gasteiger partial charge is 0.123 e. The Morgan fingerprint density at radius 1 is 1.08 bits per heavy atom. The summed E-state index contributed by atoms with van der Waals surface area (Å²) in [4.78, 5) is 2.54. The molecule has 1 fully saturated rings. The first-order valence-corrected chi connectivity index (χ1v) is 9.14. The summed E-state index contributed by atoms with van der Waals surface area (Å²) >= 11 is 0. The van der Waals surface area contributed by atoms with E-state index in [1.54, 1.807) is 7.11 Å². The Balaban J connectivity index is 2.03. The van der Waals surface area contributed by atoms with E-state index in [1.165, 1.54) is 11.1 Å². The molecule has 1 aliphatic rings. The molecular weight excluding hydrogens is 312 g/mol. The molecule has 1 aliphatic heterocycles. The third-order valence-corrected chi connectivity index (χ3v) is 4.66. The Labute approximate surface area is 150 Å². The second kappa shape index (κ2) is 8.88. The van der Waals surface area contributed by atoms with Gasteiger partial charge >= 0.3 is 0 Å². The van der Waals surface area contributed by atoms with Crippen LogP contribution >= 0.6 is 0 Å². The van der Waals surface area contributed by atoms with Gasteiger partial charge in [-0.3, -0.25) is 4.90 Å². The Hall–Kier alpha value is -2.04. The van der Waals surface area contributed by atoms with Crippen LogP contribution in [0.4, 0.5) is 0 Å². The minimum absolute atomic E-state index is 0.163. The molecule has 1 unspecified atom stereocenters. The quantitative estimate of drug-likeness (QED) is 0.873. The molecular formula is C21H28N2O2. The van der Waals surface area contributed by atoms with Gasteiger partial charge in [0.05, 0.1) is 19.8 Å². The van der Waals surface area contributed by atoms with Crippen molar-refractivity contribution in [3.05, 3.63) is 59.7 Å². The average molecular weight is 340 g/mol. The Kier molecular flexibility index (Phi) is 6.31. The number of hydrogen-bond acceptors (Lipinski definition) is 4. The Morgan fingerprint density at radius 2 is 1.96 bits per heavy atom. The molecule has 0 aliphatic carbocycles. The van der Waals surface area contributed by atoms with Crippen molar-refractivity contribution in [3.63, 3.8) is 0 Å². The van der Waals surface area contributed by atoms with E-state index in [1.807, 2.05) is 25.1 Å². The van der Waals surface area contributed by atoms with Crippen LogP contribution in [0.15, 0.2) is 48.5 Å². The van der Waals surface area contributed by atoms with Crippen LogP contribution in [0.2, 0.25) is 0 Å². The zero-order chi connectivity index (χ0) is 17.5. The van der Waals surface area contributed by atoms with Crippen LogP contribution in [-0.4, -0.2) is 44.8 Å². The maximum Gasteiger partial charge on any atom is 0.123 e. The Morgan fingerprint density at radius 3 is 2.80 bits per heavy atom. The highest BCUT2D eigenvalue weighted by atomic mass is 16.5. The number of nitrogens with zero attached hydrogens (tertiary/aromatic N) is 1. The van der Waals surface area contributed by atoms with Crippen LogP contribution in [0.1, 0.15) is 30.5 Å². The van der Waals surface area contributed by atoms with Crippen LogP contribution in [0.5, 0.6) is 11.5 Å². The summed E-state index contributed by atoms with van der Waals surface area (Å²) in [6, 6.07) is 17.0. The van der Waals surface area contributed by atoms with Gasteiger partial charge in [-0.25, -0.2) is 0 Å². The number of benzene rings is 2. The summed E-state index contributed by atoms with van der Waals surface area (Å²) in [5.74, 6) is 1.86. The number of rotatable bonds is 6. The molecule has 1 saturated heterocycles. The topological polar surface area (TPSA) is 33.7 Å². The number of methoxy groups -OCH3 is 1. The number of para-hydroxylation sites is 1. The lowest BCUT2D eigenvalue weighted by Crippen LogP contribution is -2.33. The zero-order valence-corrected chi connectivity index (χ0v) is 15.2. The molecule has 2 aromatic carbocycles. The molecule has 25 heavy (non-hydrogen) atoms. The maximum absolute atomic E-state index is 5.74. The summed E-state index contributed by atoms with van der Waals surface area (Å²) in [6.45, 7) is 6.86. The lowest BCUT2D eigenvalue weighted by molar-refractivity contribution is 0.235. The van der Waals surface area contributed by atoms with Gasteiger partial charge < -0.3 is 14.8 Å². The normalized spacial score (nSPS) is 16.9. The second-order valence-electron chi connectivity index (χ2n) is 6.29. The van der Waals surface area contributed by atoms with E-state index in [0.717, 1.165) is 44.1 Å². The second-order valence-corrected chi connectivity index (χ2v) is 6.29. The largest absolute Gasteiger partial charge is 0.496 e. The maximum atomic E-state index is 5.74. The fourth-order valence-corrected chi connectivity index (χ4v) is 3.55. The molecule has 2 aromatic rings. The standard InChI is InChI=1S/C21H28N2O2/c1-3-25-18-9-6-8-17(16-18)21(23-14-7-12-22-13-15-23)19-10-4-5-11-20(19)24-2/h4-6,8-11,16,21-22H,3,7,12-15H2,1-2H3. The van der Waals surface area contributed by atoms with Gasteiger partial charge in [-0.15, -0.1) is 0 Å². The molecule has 134 valence electrons. The molecule has 1 heterocycles. The van der Waals surface area contributed by atoms with Crippen molar-refractivity contribution in [1.82, 2.24) is 10.2 Å². The van der Waals surface area contributed by atoms with E-state index >= 15 is 0 Å². The zero-order valence-electron chi connectivity index (χ0n) is 15.2. The molecule has 0 saturated carbocycles. The van der Waals surface area contributed by atoms with Crippen molar-refractivity contribution in [2.45, 2.75) is 19.4 Å². The van der Waals surface area contributed by atoms with Crippen molar-refractivity contribution in [1.29, 1.82) is 0 Å². The summed E-state index contributed by atoms with van der Waals surface area (Å²) in [5, 5.41) is 3.50. The van der Waals surface area contributed by atoms with Crippen LogP contribution in [-0.2, 0) is 0 Å². The van der Waals surface area contributed by atoms with Crippen molar-refractivity contribution in [3.8, 4) is 11.5 Å². The molecule has 4 heteroatoms. The first kappa shape index (κ1) is 17.8. The predicted molar refractivity (Wildman–Crippen MR) is 102 cm³/mol. The molecule has 0 bridgehead atoms. The van der Waals surface area contributed by atoms with Gasteiger partial charge in [0.15, 0.2) is 0 Å².